The normalized spacial score (nSPS) is 22.5. The maximum absolute atomic E-state index is 11.2. The van der Waals surface area contributed by atoms with E-state index in [4.69, 9.17) is 10.9 Å². The molecule has 13 nitrogen and oxygen atoms in total. The molecular weight excluding hydrogens is 550 g/mol. The summed E-state index contributed by atoms with van der Waals surface area (Å²) >= 11 is 0. The van der Waals surface area contributed by atoms with Crippen LogP contribution in [0.15, 0.2) is 48.5 Å². The first-order valence-electron chi connectivity index (χ1n) is 14.9. The number of carbonyl (C=O) groups is 2. The van der Waals surface area contributed by atoms with E-state index in [9.17, 15) is 14.7 Å². The van der Waals surface area contributed by atoms with Gasteiger partial charge in [0.1, 0.15) is 0 Å². The Bertz CT molecular complexity index is 1100. The second-order valence-electron chi connectivity index (χ2n) is 11.4. The molecule has 13 heteroatoms. The van der Waals surface area contributed by atoms with Crippen molar-refractivity contribution >= 4 is 11.9 Å². The first-order chi connectivity index (χ1) is 20.7. The highest BCUT2D eigenvalue weighted by molar-refractivity contribution is 5.87. The largest absolute Gasteiger partial charge is 0.478 e. The summed E-state index contributed by atoms with van der Waals surface area (Å²) in [6, 6.07) is 13.9. The number of hydrogen-bond donors (Lipinski definition) is 11. The Balaban J connectivity index is 1.58. The lowest BCUT2D eigenvalue weighted by Crippen LogP contribution is -2.64. The van der Waals surface area contributed by atoms with E-state index in [1.807, 2.05) is 24.3 Å². The summed E-state index contributed by atoms with van der Waals surface area (Å²) < 4.78 is 0. The molecule has 2 aromatic rings. The average Bonchev–Trinajstić information content (AvgIpc) is 3.00. The molecule has 1 heterocycles. The van der Waals surface area contributed by atoms with Crippen molar-refractivity contribution in [1.82, 2.24) is 42.6 Å². The van der Waals surface area contributed by atoms with Crippen LogP contribution in [0, 0.1) is 0 Å². The van der Waals surface area contributed by atoms with Crippen molar-refractivity contribution in [2.45, 2.75) is 31.1 Å². The molecule has 0 bridgehead atoms. The fourth-order valence-corrected chi connectivity index (χ4v) is 4.92. The predicted molar refractivity (Wildman–Crippen MR) is 168 cm³/mol. The topological polar surface area (TPSA) is 197 Å². The second kappa shape index (κ2) is 18.0. The summed E-state index contributed by atoms with van der Waals surface area (Å²) in [5.41, 5.74) is 4.77. The summed E-state index contributed by atoms with van der Waals surface area (Å²) in [7, 11) is 0. The van der Waals surface area contributed by atoms with Gasteiger partial charge in [-0.25, -0.2) is 9.59 Å². The SMILES string of the molecule is CC1(NCc2ccc(C(=O)O)cc2)CNCCNCC(CNCCNN)(NCc2ccc(C(=O)O)cc2)CNCCNC1. The van der Waals surface area contributed by atoms with Crippen molar-refractivity contribution in [3.05, 3.63) is 70.8 Å². The molecule has 1 aliphatic heterocycles. The van der Waals surface area contributed by atoms with Gasteiger partial charge in [-0.2, -0.15) is 0 Å². The maximum Gasteiger partial charge on any atom is 0.335 e. The fourth-order valence-electron chi connectivity index (χ4n) is 4.92. The molecule has 0 aliphatic carbocycles. The Kier molecular flexibility index (Phi) is 14.4. The van der Waals surface area contributed by atoms with Gasteiger partial charge < -0.3 is 47.4 Å². The molecular formula is C30H49N9O4. The number of carboxylic acids is 2. The van der Waals surface area contributed by atoms with Gasteiger partial charge in [0.15, 0.2) is 0 Å². The van der Waals surface area contributed by atoms with Crippen LogP contribution in [0.1, 0.15) is 38.8 Å². The monoisotopic (exact) mass is 599 g/mol. The standard InChI is InChI=1S/C30H49N9O4/c1-29(37-16-23-2-6-25(7-3-23)27(40)41)18-32-10-12-34-20-30(22-36-14-15-39-31,21-35-13-11-33-19-29)38-17-24-4-8-26(9-5-24)28(42)43/h2-9,32-39H,10-22,31H2,1H3,(H,40,41)(H,42,43). The van der Waals surface area contributed by atoms with Crippen molar-refractivity contribution in [2.75, 3.05) is 72.0 Å². The molecule has 1 saturated heterocycles. The average molecular weight is 600 g/mol. The van der Waals surface area contributed by atoms with Gasteiger partial charge in [0, 0.05) is 90.6 Å². The third-order valence-corrected chi connectivity index (χ3v) is 7.61. The molecule has 0 radical (unpaired) electrons. The molecule has 0 unspecified atom stereocenters. The van der Waals surface area contributed by atoms with E-state index in [1.54, 1.807) is 24.3 Å². The zero-order chi connectivity index (χ0) is 31.0. The highest BCUT2D eigenvalue weighted by Crippen LogP contribution is 2.10. The van der Waals surface area contributed by atoms with Crippen LogP contribution >= 0.6 is 0 Å². The number of hydrazine groups is 1. The van der Waals surface area contributed by atoms with Crippen molar-refractivity contribution in [2.24, 2.45) is 5.84 Å². The van der Waals surface area contributed by atoms with Crippen LogP contribution in [0.3, 0.4) is 0 Å². The van der Waals surface area contributed by atoms with E-state index in [0.717, 1.165) is 56.9 Å². The van der Waals surface area contributed by atoms with Crippen LogP contribution in [0.5, 0.6) is 0 Å². The molecule has 1 fully saturated rings. The minimum Gasteiger partial charge on any atom is -0.478 e. The van der Waals surface area contributed by atoms with Gasteiger partial charge in [-0.1, -0.05) is 24.3 Å². The van der Waals surface area contributed by atoms with Gasteiger partial charge in [0.05, 0.1) is 16.7 Å². The van der Waals surface area contributed by atoms with E-state index in [1.165, 1.54) is 0 Å². The summed E-state index contributed by atoms with van der Waals surface area (Å²) in [4.78, 5) is 22.4. The summed E-state index contributed by atoms with van der Waals surface area (Å²) in [6.45, 7) is 11.6. The Morgan fingerprint density at radius 3 is 1.60 bits per heavy atom. The molecule has 12 N–H and O–H groups in total. The molecule has 0 saturated carbocycles. The third kappa shape index (κ3) is 12.3. The van der Waals surface area contributed by atoms with E-state index in [0.29, 0.717) is 39.3 Å². The van der Waals surface area contributed by atoms with Crippen LogP contribution in [0.2, 0.25) is 0 Å². The van der Waals surface area contributed by atoms with Crippen LogP contribution in [-0.4, -0.2) is 105 Å². The number of nitrogens with one attached hydrogen (secondary N) is 8. The highest BCUT2D eigenvalue weighted by Gasteiger charge is 2.29. The van der Waals surface area contributed by atoms with Crippen LogP contribution in [0.25, 0.3) is 0 Å². The molecule has 238 valence electrons. The number of rotatable bonds is 13. The van der Waals surface area contributed by atoms with Crippen molar-refractivity contribution in [1.29, 1.82) is 0 Å². The van der Waals surface area contributed by atoms with E-state index in [-0.39, 0.29) is 22.2 Å². The molecule has 0 atom stereocenters. The van der Waals surface area contributed by atoms with Crippen molar-refractivity contribution < 1.29 is 19.8 Å². The first-order valence-corrected chi connectivity index (χ1v) is 14.9. The highest BCUT2D eigenvalue weighted by atomic mass is 16.4. The van der Waals surface area contributed by atoms with Crippen LogP contribution in [-0.2, 0) is 13.1 Å². The minimum atomic E-state index is -0.932. The van der Waals surface area contributed by atoms with E-state index < -0.39 is 11.9 Å². The minimum absolute atomic E-state index is 0.210. The van der Waals surface area contributed by atoms with Crippen LogP contribution in [0.4, 0.5) is 0 Å². The quantitative estimate of drug-likeness (QED) is 0.0754. The number of benzene rings is 2. The number of hydrogen-bond acceptors (Lipinski definition) is 11. The van der Waals surface area contributed by atoms with Crippen molar-refractivity contribution in [3.8, 4) is 0 Å². The second-order valence-corrected chi connectivity index (χ2v) is 11.4. The Morgan fingerprint density at radius 1 is 0.721 bits per heavy atom. The Labute approximate surface area is 254 Å². The molecule has 1 aliphatic rings. The number of aromatic carboxylic acids is 2. The summed E-state index contributed by atoms with van der Waals surface area (Å²) in [5, 5.41) is 43.7. The van der Waals surface area contributed by atoms with Gasteiger partial charge in [0.2, 0.25) is 0 Å². The van der Waals surface area contributed by atoms with Gasteiger partial charge in [-0.15, -0.1) is 0 Å². The zero-order valence-corrected chi connectivity index (χ0v) is 25.1. The number of carboxylic acid groups (broad SMARTS) is 2. The molecule has 0 amide bonds. The molecule has 3 rings (SSSR count). The lowest BCUT2D eigenvalue weighted by molar-refractivity contribution is 0.0686. The van der Waals surface area contributed by atoms with Gasteiger partial charge in [-0.3, -0.25) is 11.3 Å². The van der Waals surface area contributed by atoms with E-state index >= 15 is 0 Å². The lowest BCUT2D eigenvalue weighted by Gasteiger charge is -2.37. The molecule has 2 aromatic carbocycles. The van der Waals surface area contributed by atoms with E-state index in [2.05, 4.69) is 49.6 Å². The third-order valence-electron chi connectivity index (χ3n) is 7.61. The molecule has 43 heavy (non-hydrogen) atoms. The first kappa shape index (κ1) is 34.5. The fraction of sp³-hybridized carbons (Fsp3) is 0.533. The van der Waals surface area contributed by atoms with Gasteiger partial charge in [-0.05, 0) is 42.3 Å². The van der Waals surface area contributed by atoms with Gasteiger partial charge in [0.25, 0.3) is 0 Å². The Hall–Kier alpha value is -2.98. The summed E-state index contributed by atoms with van der Waals surface area (Å²) in [5.74, 6) is 3.61. The predicted octanol–water partition coefficient (Wildman–Crippen LogP) is -1.12. The maximum atomic E-state index is 11.2. The zero-order valence-electron chi connectivity index (χ0n) is 25.1. The molecule has 0 spiro atoms. The smallest absolute Gasteiger partial charge is 0.335 e. The number of nitrogens with two attached hydrogens (primary N) is 1. The molecule has 0 aromatic heterocycles. The van der Waals surface area contributed by atoms with Gasteiger partial charge >= 0.3 is 11.9 Å². The Morgan fingerprint density at radius 2 is 1.16 bits per heavy atom. The lowest BCUT2D eigenvalue weighted by atomic mass is 9.97. The summed E-state index contributed by atoms with van der Waals surface area (Å²) in [6.07, 6.45) is 0. The van der Waals surface area contributed by atoms with Crippen LogP contribution < -0.4 is 48.5 Å². The van der Waals surface area contributed by atoms with Crippen molar-refractivity contribution in [3.63, 3.8) is 0 Å².